The topological polar surface area (TPSA) is 87.0 Å². The van der Waals surface area contributed by atoms with Crippen LogP contribution in [0.2, 0.25) is 0 Å². The molecular formula is C14H25N5O. The second kappa shape index (κ2) is 6.26. The first kappa shape index (κ1) is 14.8. The van der Waals surface area contributed by atoms with E-state index in [9.17, 15) is 4.79 Å². The average molecular weight is 279 g/mol. The molecular weight excluding hydrogens is 254 g/mol. The Balaban J connectivity index is 1.85. The van der Waals surface area contributed by atoms with Crippen molar-refractivity contribution >= 4 is 11.6 Å². The van der Waals surface area contributed by atoms with E-state index in [0.29, 0.717) is 17.9 Å². The van der Waals surface area contributed by atoms with Crippen LogP contribution in [0.5, 0.6) is 0 Å². The molecule has 1 saturated carbocycles. The highest BCUT2D eigenvalue weighted by Gasteiger charge is 2.27. The van der Waals surface area contributed by atoms with Crippen LogP contribution in [-0.2, 0) is 0 Å². The lowest BCUT2D eigenvalue weighted by Crippen LogP contribution is -2.36. The zero-order chi connectivity index (χ0) is 14.7. The summed E-state index contributed by atoms with van der Waals surface area (Å²) in [6, 6.07) is 0.722. The molecule has 1 aromatic rings. The number of anilines is 1. The third-order valence-electron chi connectivity index (χ3n) is 3.78. The standard InChI is InChI=1S/C14H25N5O/c1-4-19(10-5-6-10)8-7-16-14(20)13-11(15)12(9(2)3)17-18-13/h9-10H,4-8,15H2,1-3H3,(H,16,20)(H,17,18). The van der Waals surface area contributed by atoms with Crippen molar-refractivity contribution in [2.24, 2.45) is 0 Å². The van der Waals surface area contributed by atoms with Gasteiger partial charge in [0.1, 0.15) is 0 Å². The fraction of sp³-hybridized carbons (Fsp3) is 0.714. The molecule has 4 N–H and O–H groups in total. The summed E-state index contributed by atoms with van der Waals surface area (Å²) >= 11 is 0. The molecule has 1 aromatic heterocycles. The van der Waals surface area contributed by atoms with Crippen LogP contribution >= 0.6 is 0 Å². The summed E-state index contributed by atoms with van der Waals surface area (Å²) in [7, 11) is 0. The van der Waals surface area contributed by atoms with E-state index in [1.165, 1.54) is 12.8 Å². The second-order valence-electron chi connectivity index (χ2n) is 5.67. The van der Waals surface area contributed by atoms with Gasteiger partial charge >= 0.3 is 0 Å². The van der Waals surface area contributed by atoms with Gasteiger partial charge in [0.05, 0.1) is 11.4 Å². The van der Waals surface area contributed by atoms with Gasteiger partial charge in [-0.1, -0.05) is 20.8 Å². The summed E-state index contributed by atoms with van der Waals surface area (Å²) < 4.78 is 0. The maximum Gasteiger partial charge on any atom is 0.273 e. The number of nitrogens with zero attached hydrogens (tertiary/aromatic N) is 2. The van der Waals surface area contributed by atoms with E-state index in [1.54, 1.807) is 0 Å². The van der Waals surface area contributed by atoms with E-state index in [0.717, 1.165) is 24.8 Å². The number of amides is 1. The molecule has 0 spiro atoms. The summed E-state index contributed by atoms with van der Waals surface area (Å²) in [6.07, 6.45) is 2.57. The molecule has 1 amide bonds. The number of rotatable bonds is 7. The van der Waals surface area contributed by atoms with Crippen LogP contribution in [0, 0.1) is 0 Å². The monoisotopic (exact) mass is 279 g/mol. The highest BCUT2D eigenvalue weighted by molar-refractivity contribution is 5.97. The Kier molecular flexibility index (Phi) is 4.65. The van der Waals surface area contributed by atoms with Crippen LogP contribution in [0.25, 0.3) is 0 Å². The summed E-state index contributed by atoms with van der Waals surface area (Å²) in [5, 5.41) is 9.77. The lowest BCUT2D eigenvalue weighted by Gasteiger charge is -2.19. The average Bonchev–Trinajstić information content (AvgIpc) is 3.16. The van der Waals surface area contributed by atoms with Crippen LogP contribution < -0.4 is 11.1 Å². The molecule has 0 aromatic carbocycles. The number of nitrogens with two attached hydrogens (primary N) is 1. The molecule has 6 nitrogen and oxygen atoms in total. The lowest BCUT2D eigenvalue weighted by molar-refractivity contribution is 0.0944. The van der Waals surface area contributed by atoms with E-state index in [4.69, 9.17) is 5.73 Å². The highest BCUT2D eigenvalue weighted by atomic mass is 16.1. The molecule has 1 fully saturated rings. The van der Waals surface area contributed by atoms with Crippen molar-refractivity contribution < 1.29 is 4.79 Å². The third-order valence-corrected chi connectivity index (χ3v) is 3.78. The van der Waals surface area contributed by atoms with Crippen molar-refractivity contribution in [3.05, 3.63) is 11.4 Å². The predicted octanol–water partition coefficient (Wildman–Crippen LogP) is 1.33. The van der Waals surface area contributed by atoms with Crippen LogP contribution in [-0.4, -0.2) is 46.7 Å². The van der Waals surface area contributed by atoms with E-state index in [-0.39, 0.29) is 11.8 Å². The molecule has 112 valence electrons. The predicted molar refractivity (Wildman–Crippen MR) is 79.7 cm³/mol. The largest absolute Gasteiger partial charge is 0.395 e. The summed E-state index contributed by atoms with van der Waals surface area (Å²) in [5.41, 5.74) is 7.55. The zero-order valence-electron chi connectivity index (χ0n) is 12.6. The SMILES string of the molecule is CCN(CCNC(=O)c1n[nH]c(C(C)C)c1N)C1CC1. The first-order valence-electron chi connectivity index (χ1n) is 7.40. The Morgan fingerprint density at radius 3 is 2.75 bits per heavy atom. The van der Waals surface area contributed by atoms with E-state index in [2.05, 4.69) is 27.3 Å². The first-order valence-corrected chi connectivity index (χ1v) is 7.40. The van der Waals surface area contributed by atoms with Gasteiger partial charge in [-0.25, -0.2) is 0 Å². The van der Waals surface area contributed by atoms with Crippen molar-refractivity contribution in [1.29, 1.82) is 0 Å². The van der Waals surface area contributed by atoms with Gasteiger partial charge in [-0.3, -0.25) is 14.8 Å². The zero-order valence-corrected chi connectivity index (χ0v) is 12.6. The fourth-order valence-corrected chi connectivity index (χ4v) is 2.41. The van der Waals surface area contributed by atoms with Crippen molar-refractivity contribution in [1.82, 2.24) is 20.4 Å². The fourth-order valence-electron chi connectivity index (χ4n) is 2.41. The van der Waals surface area contributed by atoms with Gasteiger partial charge in [0.15, 0.2) is 5.69 Å². The number of likely N-dealkylation sites (N-methyl/N-ethyl adjacent to an activating group) is 1. The van der Waals surface area contributed by atoms with Gasteiger partial charge in [0, 0.05) is 19.1 Å². The summed E-state index contributed by atoms with van der Waals surface area (Å²) in [5.74, 6) is 0.0343. The summed E-state index contributed by atoms with van der Waals surface area (Å²) in [4.78, 5) is 14.5. The van der Waals surface area contributed by atoms with Crippen molar-refractivity contribution in [3.8, 4) is 0 Å². The van der Waals surface area contributed by atoms with Crippen LogP contribution in [0.1, 0.15) is 55.7 Å². The van der Waals surface area contributed by atoms with Crippen LogP contribution in [0.15, 0.2) is 0 Å². The second-order valence-corrected chi connectivity index (χ2v) is 5.67. The van der Waals surface area contributed by atoms with Gasteiger partial charge in [-0.2, -0.15) is 5.10 Å². The maximum atomic E-state index is 12.1. The number of aromatic nitrogens is 2. The molecule has 0 bridgehead atoms. The molecule has 20 heavy (non-hydrogen) atoms. The van der Waals surface area contributed by atoms with Crippen molar-refractivity contribution in [3.63, 3.8) is 0 Å². The molecule has 6 heteroatoms. The van der Waals surface area contributed by atoms with E-state index < -0.39 is 0 Å². The van der Waals surface area contributed by atoms with Crippen molar-refractivity contribution in [2.45, 2.75) is 45.6 Å². The number of hydrogen-bond acceptors (Lipinski definition) is 4. The molecule has 1 heterocycles. The summed E-state index contributed by atoms with van der Waals surface area (Å²) in [6.45, 7) is 8.73. The number of hydrogen-bond donors (Lipinski definition) is 3. The minimum atomic E-state index is -0.197. The minimum Gasteiger partial charge on any atom is -0.395 e. The van der Waals surface area contributed by atoms with Crippen LogP contribution in [0.4, 0.5) is 5.69 Å². The number of carbonyl (C=O) groups is 1. The molecule has 0 aliphatic heterocycles. The Morgan fingerprint density at radius 2 is 2.25 bits per heavy atom. The molecule has 0 saturated heterocycles. The quantitative estimate of drug-likeness (QED) is 0.702. The van der Waals surface area contributed by atoms with Gasteiger partial charge in [-0.15, -0.1) is 0 Å². The van der Waals surface area contributed by atoms with Crippen molar-refractivity contribution in [2.75, 3.05) is 25.4 Å². The van der Waals surface area contributed by atoms with Gasteiger partial charge < -0.3 is 11.1 Å². The first-order chi connectivity index (χ1) is 9.54. The number of nitrogens with one attached hydrogen (secondary N) is 2. The van der Waals surface area contributed by atoms with Gasteiger partial charge in [-0.05, 0) is 25.3 Å². The smallest absolute Gasteiger partial charge is 0.273 e. The molecule has 2 rings (SSSR count). The van der Waals surface area contributed by atoms with E-state index in [1.807, 2.05) is 13.8 Å². The number of carbonyl (C=O) groups excluding carboxylic acids is 1. The Morgan fingerprint density at radius 1 is 1.55 bits per heavy atom. The Bertz CT molecular complexity index is 464. The molecule has 0 radical (unpaired) electrons. The van der Waals surface area contributed by atoms with E-state index >= 15 is 0 Å². The molecule has 1 aliphatic rings. The Hall–Kier alpha value is -1.56. The third kappa shape index (κ3) is 3.30. The van der Waals surface area contributed by atoms with Crippen LogP contribution in [0.3, 0.4) is 0 Å². The highest BCUT2D eigenvalue weighted by Crippen LogP contribution is 2.26. The Labute approximate surface area is 120 Å². The normalized spacial score (nSPS) is 15.1. The molecule has 0 unspecified atom stereocenters. The van der Waals surface area contributed by atoms with Gasteiger partial charge in [0.25, 0.3) is 5.91 Å². The minimum absolute atomic E-state index is 0.197. The number of H-pyrrole nitrogens is 1. The molecule has 1 aliphatic carbocycles. The maximum absolute atomic E-state index is 12.1. The molecule has 0 atom stereocenters. The number of aromatic amines is 1. The number of nitrogen functional groups attached to an aromatic ring is 1. The van der Waals surface area contributed by atoms with Gasteiger partial charge in [0.2, 0.25) is 0 Å². The lowest BCUT2D eigenvalue weighted by atomic mass is 10.1.